The van der Waals surface area contributed by atoms with Crippen LogP contribution in [0.5, 0.6) is 11.5 Å². The predicted molar refractivity (Wildman–Crippen MR) is 113 cm³/mol. The molecule has 0 unspecified atom stereocenters. The summed E-state index contributed by atoms with van der Waals surface area (Å²) in [7, 11) is 0. The van der Waals surface area contributed by atoms with Gasteiger partial charge in [0.25, 0.3) is 0 Å². The van der Waals surface area contributed by atoms with Crippen LogP contribution in [-0.4, -0.2) is 68.3 Å². The van der Waals surface area contributed by atoms with E-state index in [2.05, 4.69) is 22.3 Å². The summed E-state index contributed by atoms with van der Waals surface area (Å²) in [6.07, 6.45) is 7.11. The molecule has 0 aromatic heterocycles. The second kappa shape index (κ2) is 10.6. The fraction of sp³-hybridized carbons (Fsp3) is 0.739. The van der Waals surface area contributed by atoms with E-state index in [0.29, 0.717) is 19.1 Å². The van der Waals surface area contributed by atoms with Crippen LogP contribution < -0.4 is 14.8 Å². The van der Waals surface area contributed by atoms with Gasteiger partial charge in [-0.3, -0.25) is 5.32 Å². The maximum Gasteiger partial charge on any atom is 0.161 e. The Hall–Kier alpha value is -1.34. The molecule has 2 saturated heterocycles. The molecule has 0 amide bonds. The van der Waals surface area contributed by atoms with Crippen molar-refractivity contribution in [1.29, 1.82) is 0 Å². The molecule has 0 aliphatic carbocycles. The van der Waals surface area contributed by atoms with Crippen molar-refractivity contribution in [3.63, 3.8) is 0 Å². The highest BCUT2D eigenvalue weighted by Crippen LogP contribution is 2.31. The first kappa shape index (κ1) is 20.9. The molecule has 1 aromatic carbocycles. The highest BCUT2D eigenvalue weighted by molar-refractivity contribution is 5.44. The van der Waals surface area contributed by atoms with E-state index in [1.54, 1.807) is 0 Å². The van der Waals surface area contributed by atoms with E-state index in [4.69, 9.17) is 14.2 Å². The van der Waals surface area contributed by atoms with Crippen LogP contribution in [0.15, 0.2) is 18.2 Å². The average molecular weight is 405 g/mol. The quantitative estimate of drug-likeness (QED) is 0.617. The number of rotatable bonds is 9. The van der Waals surface area contributed by atoms with Crippen LogP contribution in [0.3, 0.4) is 0 Å². The lowest BCUT2D eigenvalue weighted by molar-refractivity contribution is 0.0503. The van der Waals surface area contributed by atoms with Gasteiger partial charge in [0.2, 0.25) is 0 Å². The number of nitrogens with zero attached hydrogens (tertiary/aromatic N) is 1. The fourth-order valence-electron chi connectivity index (χ4n) is 4.74. The topological polar surface area (TPSA) is 63.2 Å². The zero-order valence-corrected chi connectivity index (χ0v) is 17.5. The molecular weight excluding hydrogens is 368 g/mol. The smallest absolute Gasteiger partial charge is 0.161 e. The van der Waals surface area contributed by atoms with Gasteiger partial charge in [0, 0.05) is 25.8 Å². The Balaban J connectivity index is 1.33. The van der Waals surface area contributed by atoms with Gasteiger partial charge in [0.05, 0.1) is 0 Å². The number of aliphatic hydroxyl groups excluding tert-OH is 1. The predicted octanol–water partition coefficient (Wildman–Crippen LogP) is 2.58. The molecule has 0 bridgehead atoms. The Labute approximate surface area is 174 Å². The van der Waals surface area contributed by atoms with Crippen LogP contribution in [0.25, 0.3) is 0 Å². The second-order valence-electron chi connectivity index (χ2n) is 8.70. The minimum Gasteiger partial charge on any atom is -0.486 e. The zero-order chi connectivity index (χ0) is 19.9. The molecule has 29 heavy (non-hydrogen) atoms. The van der Waals surface area contributed by atoms with Crippen molar-refractivity contribution >= 4 is 0 Å². The summed E-state index contributed by atoms with van der Waals surface area (Å²) >= 11 is 0. The molecule has 2 atom stereocenters. The standard InChI is InChI=1S/C23H36N2O4/c26-23(6-4-18-7-11-27-12-8-18)24-20(17-25-9-1-2-10-25)15-19-3-5-21-22(16-19)29-14-13-28-21/h3,5,16,18,20,23-24,26H,1-2,4,6-15,17H2/t20-,23+/m0/s1. The van der Waals surface area contributed by atoms with Crippen LogP contribution in [0.1, 0.15) is 44.1 Å². The summed E-state index contributed by atoms with van der Waals surface area (Å²) < 4.78 is 16.8. The molecule has 162 valence electrons. The third kappa shape index (κ3) is 6.32. The Morgan fingerprint density at radius 1 is 1.03 bits per heavy atom. The highest BCUT2D eigenvalue weighted by atomic mass is 16.6. The molecule has 3 aliphatic heterocycles. The van der Waals surface area contributed by atoms with E-state index in [9.17, 15) is 5.11 Å². The van der Waals surface area contributed by atoms with E-state index in [1.807, 2.05) is 6.07 Å². The lowest BCUT2D eigenvalue weighted by atomic mass is 9.94. The summed E-state index contributed by atoms with van der Waals surface area (Å²) in [6, 6.07) is 6.46. The normalized spacial score (nSPS) is 22.5. The van der Waals surface area contributed by atoms with Crippen molar-refractivity contribution in [2.45, 2.75) is 57.2 Å². The monoisotopic (exact) mass is 404 g/mol. The summed E-state index contributed by atoms with van der Waals surface area (Å²) in [5.41, 5.74) is 1.22. The summed E-state index contributed by atoms with van der Waals surface area (Å²) in [5, 5.41) is 14.2. The number of aliphatic hydroxyl groups is 1. The van der Waals surface area contributed by atoms with Gasteiger partial charge < -0.3 is 24.2 Å². The second-order valence-corrected chi connectivity index (χ2v) is 8.70. The molecule has 0 saturated carbocycles. The van der Waals surface area contributed by atoms with Gasteiger partial charge in [-0.2, -0.15) is 0 Å². The molecule has 6 nitrogen and oxygen atoms in total. The largest absolute Gasteiger partial charge is 0.486 e. The van der Waals surface area contributed by atoms with Crippen LogP contribution in [0.2, 0.25) is 0 Å². The van der Waals surface area contributed by atoms with E-state index < -0.39 is 6.23 Å². The molecule has 0 spiro atoms. The van der Waals surface area contributed by atoms with Crippen LogP contribution in [0.4, 0.5) is 0 Å². The molecule has 3 heterocycles. The molecule has 2 N–H and O–H groups in total. The summed E-state index contributed by atoms with van der Waals surface area (Å²) in [4.78, 5) is 2.51. The lowest BCUT2D eigenvalue weighted by Crippen LogP contribution is -2.46. The minimum atomic E-state index is -0.456. The molecule has 4 rings (SSSR count). The number of benzene rings is 1. The molecule has 1 aromatic rings. The Morgan fingerprint density at radius 3 is 2.59 bits per heavy atom. The Morgan fingerprint density at radius 2 is 1.79 bits per heavy atom. The summed E-state index contributed by atoms with van der Waals surface area (Å²) in [6.45, 7) is 6.27. The lowest BCUT2D eigenvalue weighted by Gasteiger charge is -2.29. The number of ether oxygens (including phenoxy) is 3. The van der Waals surface area contributed by atoms with Gasteiger partial charge in [-0.1, -0.05) is 6.07 Å². The van der Waals surface area contributed by atoms with E-state index >= 15 is 0 Å². The first-order valence-electron chi connectivity index (χ1n) is 11.4. The third-order valence-electron chi connectivity index (χ3n) is 6.38. The molecule has 2 fully saturated rings. The van der Waals surface area contributed by atoms with Crippen molar-refractivity contribution < 1.29 is 19.3 Å². The van der Waals surface area contributed by atoms with Gasteiger partial charge in [-0.25, -0.2) is 0 Å². The number of hydrogen-bond donors (Lipinski definition) is 2. The Bertz CT molecular complexity index is 629. The SMILES string of the molecule is O[C@H](CCC1CCOCC1)N[C@@H](Cc1ccc2c(c1)OCCO2)CN1CCCC1. The van der Waals surface area contributed by atoms with E-state index in [-0.39, 0.29) is 6.04 Å². The van der Waals surface area contributed by atoms with Crippen molar-refractivity contribution in [2.75, 3.05) is 46.1 Å². The zero-order valence-electron chi connectivity index (χ0n) is 17.5. The highest BCUT2D eigenvalue weighted by Gasteiger charge is 2.22. The van der Waals surface area contributed by atoms with Gasteiger partial charge >= 0.3 is 0 Å². The first-order chi connectivity index (χ1) is 14.3. The summed E-state index contributed by atoms with van der Waals surface area (Å²) in [5.74, 6) is 2.37. The third-order valence-corrected chi connectivity index (χ3v) is 6.38. The fourth-order valence-corrected chi connectivity index (χ4v) is 4.74. The van der Waals surface area contributed by atoms with Gasteiger partial charge in [0.15, 0.2) is 11.5 Å². The van der Waals surface area contributed by atoms with Crippen LogP contribution in [-0.2, 0) is 11.2 Å². The molecule has 3 aliphatic rings. The van der Waals surface area contributed by atoms with Gasteiger partial charge in [-0.05, 0) is 81.6 Å². The minimum absolute atomic E-state index is 0.223. The van der Waals surface area contributed by atoms with Crippen molar-refractivity contribution in [1.82, 2.24) is 10.2 Å². The molecular formula is C23H36N2O4. The van der Waals surface area contributed by atoms with Crippen LogP contribution >= 0.6 is 0 Å². The molecule has 0 radical (unpaired) electrons. The van der Waals surface area contributed by atoms with Gasteiger partial charge in [0.1, 0.15) is 19.4 Å². The maximum atomic E-state index is 10.7. The number of fused-ring (bicyclic) bond motifs is 1. The van der Waals surface area contributed by atoms with Crippen molar-refractivity contribution in [2.24, 2.45) is 5.92 Å². The number of nitrogens with one attached hydrogen (secondary N) is 1. The van der Waals surface area contributed by atoms with Crippen molar-refractivity contribution in [3.8, 4) is 11.5 Å². The van der Waals surface area contributed by atoms with Gasteiger partial charge in [-0.15, -0.1) is 0 Å². The number of hydrogen-bond acceptors (Lipinski definition) is 6. The van der Waals surface area contributed by atoms with Crippen molar-refractivity contribution in [3.05, 3.63) is 23.8 Å². The average Bonchev–Trinajstić information content (AvgIpc) is 3.26. The number of likely N-dealkylation sites (tertiary alicyclic amines) is 1. The van der Waals surface area contributed by atoms with E-state index in [0.717, 1.165) is 76.5 Å². The van der Waals surface area contributed by atoms with Crippen LogP contribution in [0, 0.1) is 5.92 Å². The Kier molecular flexibility index (Phi) is 7.66. The first-order valence-corrected chi connectivity index (χ1v) is 11.4. The van der Waals surface area contributed by atoms with E-state index in [1.165, 1.54) is 18.4 Å². The maximum absolute atomic E-state index is 10.7. The molecule has 6 heteroatoms.